The number of rotatable bonds is 5. The Labute approximate surface area is 162 Å². The van der Waals surface area contributed by atoms with Gasteiger partial charge in [0.1, 0.15) is 0 Å². The SMILES string of the molecule is CCC(C)c1ccc(N2C(=O)C=CC2=O)cc1.CCC(C)c1ccccc1. The van der Waals surface area contributed by atoms with Crippen molar-refractivity contribution in [2.45, 2.75) is 52.4 Å². The highest BCUT2D eigenvalue weighted by molar-refractivity contribution is 6.28. The van der Waals surface area contributed by atoms with Gasteiger partial charge in [-0.2, -0.15) is 0 Å². The average molecular weight is 364 g/mol. The number of carbonyl (C=O) groups excluding carboxylic acids is 2. The molecule has 0 N–H and O–H groups in total. The quantitative estimate of drug-likeness (QED) is 0.627. The highest BCUT2D eigenvalue weighted by atomic mass is 16.2. The standard InChI is InChI=1S/C14H15NO2.C10H14/c1-3-10(2)11-4-6-12(7-5-11)15-13(16)8-9-14(15)17;1-3-9(2)10-7-5-4-6-8-10/h4-10H,3H2,1-2H3;4-9H,3H2,1-2H3. The molecule has 0 aromatic heterocycles. The van der Waals surface area contributed by atoms with Gasteiger partial charge in [0.2, 0.25) is 0 Å². The van der Waals surface area contributed by atoms with Crippen molar-refractivity contribution in [3.63, 3.8) is 0 Å². The molecule has 27 heavy (non-hydrogen) atoms. The molecular formula is C24H29NO2. The zero-order valence-electron chi connectivity index (χ0n) is 16.7. The third-order valence-electron chi connectivity index (χ3n) is 5.12. The first kappa shape index (κ1) is 20.6. The Morgan fingerprint density at radius 1 is 0.704 bits per heavy atom. The van der Waals surface area contributed by atoms with Crippen LogP contribution in [0.2, 0.25) is 0 Å². The van der Waals surface area contributed by atoms with E-state index in [0.717, 1.165) is 6.42 Å². The molecule has 0 aliphatic carbocycles. The van der Waals surface area contributed by atoms with Crippen LogP contribution in [0.5, 0.6) is 0 Å². The first-order chi connectivity index (χ1) is 13.0. The van der Waals surface area contributed by atoms with E-state index in [9.17, 15) is 9.59 Å². The smallest absolute Gasteiger partial charge is 0.258 e. The van der Waals surface area contributed by atoms with Crippen molar-refractivity contribution in [1.82, 2.24) is 0 Å². The molecule has 2 aromatic carbocycles. The molecule has 3 nitrogen and oxygen atoms in total. The van der Waals surface area contributed by atoms with Crippen molar-refractivity contribution in [1.29, 1.82) is 0 Å². The maximum absolute atomic E-state index is 11.5. The lowest BCUT2D eigenvalue weighted by Crippen LogP contribution is -2.29. The molecule has 2 aromatic rings. The van der Waals surface area contributed by atoms with E-state index in [2.05, 4.69) is 58.0 Å². The maximum atomic E-state index is 11.5. The molecule has 142 valence electrons. The Morgan fingerprint density at radius 3 is 1.59 bits per heavy atom. The fourth-order valence-corrected chi connectivity index (χ4v) is 2.86. The van der Waals surface area contributed by atoms with E-state index >= 15 is 0 Å². The molecule has 0 radical (unpaired) electrons. The molecule has 1 aliphatic rings. The number of nitrogens with zero attached hydrogens (tertiary/aromatic N) is 1. The van der Waals surface area contributed by atoms with Crippen LogP contribution < -0.4 is 4.90 Å². The molecule has 3 heteroatoms. The van der Waals surface area contributed by atoms with E-state index in [4.69, 9.17) is 0 Å². The summed E-state index contributed by atoms with van der Waals surface area (Å²) in [4.78, 5) is 24.1. The van der Waals surface area contributed by atoms with Crippen molar-refractivity contribution in [2.75, 3.05) is 4.90 Å². The van der Waals surface area contributed by atoms with Gasteiger partial charge in [-0.15, -0.1) is 0 Å². The monoisotopic (exact) mass is 363 g/mol. The van der Waals surface area contributed by atoms with Gasteiger partial charge >= 0.3 is 0 Å². The second-order valence-corrected chi connectivity index (χ2v) is 6.97. The molecular weight excluding hydrogens is 334 g/mol. The zero-order chi connectivity index (χ0) is 19.8. The van der Waals surface area contributed by atoms with Gasteiger partial charge in [0.05, 0.1) is 5.69 Å². The van der Waals surface area contributed by atoms with Crippen LogP contribution >= 0.6 is 0 Å². The number of hydrogen-bond acceptors (Lipinski definition) is 2. The highest BCUT2D eigenvalue weighted by Crippen LogP contribution is 2.24. The largest absolute Gasteiger partial charge is 0.269 e. The van der Waals surface area contributed by atoms with E-state index in [0.29, 0.717) is 17.5 Å². The summed E-state index contributed by atoms with van der Waals surface area (Å²) in [7, 11) is 0. The topological polar surface area (TPSA) is 37.4 Å². The summed E-state index contributed by atoms with van der Waals surface area (Å²) in [5.41, 5.74) is 3.31. The first-order valence-corrected chi connectivity index (χ1v) is 9.68. The maximum Gasteiger partial charge on any atom is 0.258 e. The van der Waals surface area contributed by atoms with Crippen LogP contribution in [0.4, 0.5) is 5.69 Å². The summed E-state index contributed by atoms with van der Waals surface area (Å²) in [6, 6.07) is 18.2. The van der Waals surface area contributed by atoms with Crippen LogP contribution in [0.25, 0.3) is 0 Å². The second-order valence-electron chi connectivity index (χ2n) is 6.97. The Kier molecular flexibility index (Phi) is 7.54. The summed E-state index contributed by atoms with van der Waals surface area (Å²) in [5.74, 6) is 0.658. The van der Waals surface area contributed by atoms with Crippen LogP contribution in [-0.4, -0.2) is 11.8 Å². The summed E-state index contributed by atoms with van der Waals surface area (Å²) in [6.07, 6.45) is 4.89. The van der Waals surface area contributed by atoms with Gasteiger partial charge in [-0.1, -0.05) is 70.2 Å². The Bertz CT molecular complexity index is 760. The Morgan fingerprint density at radius 2 is 1.15 bits per heavy atom. The Balaban J connectivity index is 0.000000223. The predicted octanol–water partition coefficient (Wildman–Crippen LogP) is 5.83. The van der Waals surface area contributed by atoms with Gasteiger partial charge in [0, 0.05) is 12.2 Å². The van der Waals surface area contributed by atoms with Crippen LogP contribution in [0.15, 0.2) is 66.7 Å². The van der Waals surface area contributed by atoms with E-state index in [-0.39, 0.29) is 11.8 Å². The van der Waals surface area contributed by atoms with Crippen molar-refractivity contribution >= 4 is 17.5 Å². The lowest BCUT2D eigenvalue weighted by molar-refractivity contribution is -0.119. The van der Waals surface area contributed by atoms with Crippen molar-refractivity contribution in [3.8, 4) is 0 Å². The van der Waals surface area contributed by atoms with Gasteiger partial charge in [-0.25, -0.2) is 4.90 Å². The Hall–Kier alpha value is -2.68. The summed E-state index contributed by atoms with van der Waals surface area (Å²) < 4.78 is 0. The molecule has 1 aliphatic heterocycles. The third kappa shape index (κ3) is 5.40. The molecule has 0 fully saturated rings. The number of benzene rings is 2. The fraction of sp³-hybridized carbons (Fsp3) is 0.333. The minimum absolute atomic E-state index is 0.272. The zero-order valence-corrected chi connectivity index (χ0v) is 16.7. The first-order valence-electron chi connectivity index (χ1n) is 9.68. The van der Waals surface area contributed by atoms with Crippen LogP contribution in [0.1, 0.15) is 63.5 Å². The fourth-order valence-electron chi connectivity index (χ4n) is 2.86. The van der Waals surface area contributed by atoms with Crippen LogP contribution in [-0.2, 0) is 9.59 Å². The van der Waals surface area contributed by atoms with Crippen LogP contribution in [0.3, 0.4) is 0 Å². The van der Waals surface area contributed by atoms with Crippen molar-refractivity contribution < 1.29 is 9.59 Å². The van der Waals surface area contributed by atoms with Gasteiger partial charge in [-0.05, 0) is 47.9 Å². The third-order valence-corrected chi connectivity index (χ3v) is 5.12. The van der Waals surface area contributed by atoms with E-state index in [1.807, 2.05) is 24.3 Å². The lowest BCUT2D eigenvalue weighted by atomic mass is 9.98. The normalized spacial score (nSPS) is 15.3. The lowest BCUT2D eigenvalue weighted by Gasteiger charge is -2.15. The molecule has 0 saturated carbocycles. The number of amides is 2. The molecule has 3 rings (SSSR count). The number of imide groups is 1. The molecule has 1 heterocycles. The van der Waals surface area contributed by atoms with Gasteiger partial charge in [0.15, 0.2) is 0 Å². The molecule has 0 saturated heterocycles. The average Bonchev–Trinajstić information content (AvgIpc) is 3.06. The van der Waals surface area contributed by atoms with Crippen molar-refractivity contribution in [2.24, 2.45) is 0 Å². The van der Waals surface area contributed by atoms with Gasteiger partial charge in [-0.3, -0.25) is 9.59 Å². The molecule has 0 spiro atoms. The van der Waals surface area contributed by atoms with E-state index in [1.165, 1.54) is 34.6 Å². The highest BCUT2D eigenvalue weighted by Gasteiger charge is 2.24. The summed E-state index contributed by atoms with van der Waals surface area (Å²) >= 11 is 0. The molecule has 2 amide bonds. The minimum Gasteiger partial charge on any atom is -0.269 e. The number of hydrogen-bond donors (Lipinski definition) is 0. The predicted molar refractivity (Wildman–Crippen MR) is 112 cm³/mol. The molecule has 2 atom stereocenters. The second kappa shape index (κ2) is 9.86. The number of carbonyl (C=O) groups is 2. The van der Waals surface area contributed by atoms with Gasteiger partial charge in [0.25, 0.3) is 11.8 Å². The van der Waals surface area contributed by atoms with Crippen LogP contribution in [0, 0.1) is 0 Å². The van der Waals surface area contributed by atoms with Crippen molar-refractivity contribution in [3.05, 3.63) is 77.9 Å². The molecule has 2 unspecified atom stereocenters. The summed E-state index contributed by atoms with van der Waals surface area (Å²) in [6.45, 7) is 8.77. The minimum atomic E-state index is -0.272. The van der Waals surface area contributed by atoms with E-state index in [1.54, 1.807) is 0 Å². The molecule has 0 bridgehead atoms. The van der Waals surface area contributed by atoms with E-state index < -0.39 is 0 Å². The summed E-state index contributed by atoms with van der Waals surface area (Å²) in [5, 5.41) is 0. The van der Waals surface area contributed by atoms with Gasteiger partial charge < -0.3 is 0 Å². The number of anilines is 1.